The average molecular weight is 466 g/mol. The molecule has 0 aliphatic rings. The molecular weight excluding hydrogens is 438 g/mol. The van der Waals surface area contributed by atoms with Gasteiger partial charge in [-0.15, -0.1) is 24.2 Å². The first-order valence-corrected chi connectivity index (χ1v) is 11.5. The van der Waals surface area contributed by atoms with Crippen molar-refractivity contribution >= 4 is 56.8 Å². The van der Waals surface area contributed by atoms with Crippen LogP contribution >= 0.6 is 35.5 Å². The molecule has 3 rings (SSSR count). The molecule has 0 fully saturated rings. The van der Waals surface area contributed by atoms with Crippen molar-refractivity contribution in [2.45, 2.75) is 18.2 Å². The Balaban J connectivity index is 0.00000320. The second-order valence-electron chi connectivity index (χ2n) is 6.90. The van der Waals surface area contributed by atoms with Crippen molar-refractivity contribution in [1.82, 2.24) is 9.88 Å². The summed E-state index contributed by atoms with van der Waals surface area (Å²) in [6.45, 7) is 3.66. The van der Waals surface area contributed by atoms with Crippen LogP contribution in [0, 0.1) is 0 Å². The normalized spacial score (nSPS) is 10.8. The van der Waals surface area contributed by atoms with Crippen molar-refractivity contribution in [1.29, 1.82) is 0 Å². The van der Waals surface area contributed by atoms with Gasteiger partial charge in [-0.2, -0.15) is 0 Å². The van der Waals surface area contributed by atoms with Crippen LogP contribution in [-0.4, -0.2) is 55.8 Å². The van der Waals surface area contributed by atoms with Crippen LogP contribution in [0.3, 0.4) is 0 Å². The Bertz CT molecular complexity index is 961. The van der Waals surface area contributed by atoms with E-state index in [9.17, 15) is 4.79 Å². The Labute approximate surface area is 192 Å². The van der Waals surface area contributed by atoms with Crippen LogP contribution in [0.5, 0.6) is 5.75 Å². The highest BCUT2D eigenvalue weighted by Gasteiger charge is 2.21. The summed E-state index contributed by atoms with van der Waals surface area (Å²) in [5.41, 5.74) is 1.57. The van der Waals surface area contributed by atoms with Crippen molar-refractivity contribution in [2.75, 3.05) is 44.9 Å². The summed E-state index contributed by atoms with van der Waals surface area (Å²) in [5.74, 6) is 1.80. The van der Waals surface area contributed by atoms with Crippen LogP contribution in [0.25, 0.3) is 10.2 Å². The summed E-state index contributed by atoms with van der Waals surface area (Å²) in [6, 6.07) is 13.7. The molecular formula is C22H28ClN3O2S2. The Morgan fingerprint density at radius 3 is 2.50 bits per heavy atom. The predicted octanol–water partition coefficient (Wildman–Crippen LogP) is 5.44. The van der Waals surface area contributed by atoms with Crippen LogP contribution in [-0.2, 0) is 0 Å². The molecule has 0 atom stereocenters. The fraction of sp³-hybridized carbons (Fsp3) is 0.364. The van der Waals surface area contributed by atoms with Crippen molar-refractivity contribution in [2.24, 2.45) is 0 Å². The topological polar surface area (TPSA) is 45.7 Å². The first-order valence-electron chi connectivity index (χ1n) is 9.66. The van der Waals surface area contributed by atoms with Crippen molar-refractivity contribution in [3.05, 3.63) is 48.0 Å². The number of thioether (sulfide) groups is 1. The van der Waals surface area contributed by atoms with E-state index in [1.807, 2.05) is 61.5 Å². The molecule has 0 aliphatic carbocycles. The third-order valence-electron chi connectivity index (χ3n) is 4.46. The maximum atomic E-state index is 13.3. The number of aromatic nitrogens is 1. The molecule has 5 nitrogen and oxygen atoms in total. The first-order chi connectivity index (χ1) is 14.0. The number of anilines is 1. The third kappa shape index (κ3) is 6.11. The maximum Gasteiger partial charge on any atom is 0.260 e. The number of halogens is 1. The molecule has 1 aromatic heterocycles. The molecule has 2 aromatic carbocycles. The number of rotatable bonds is 9. The fourth-order valence-electron chi connectivity index (χ4n) is 2.98. The van der Waals surface area contributed by atoms with Gasteiger partial charge in [0.2, 0.25) is 0 Å². The van der Waals surface area contributed by atoms with Gasteiger partial charge in [0.25, 0.3) is 5.91 Å². The standard InChI is InChI=1S/C22H27N3O2S2.ClH/c1-5-28-18-10-7-16(8-11-18)21(26)25(14-6-13-24(2)3)22-23-19-12-9-17(27-4)15-20(19)29-22;/h7-12,15H,5-6,13-14H2,1-4H3;1H. The van der Waals surface area contributed by atoms with Gasteiger partial charge >= 0.3 is 0 Å². The zero-order valence-electron chi connectivity index (χ0n) is 17.8. The minimum atomic E-state index is -0.0113. The SMILES string of the molecule is CCSc1ccc(C(=O)N(CCCN(C)C)c2nc3ccc(OC)cc3s2)cc1.Cl. The number of benzene rings is 2. The van der Waals surface area contributed by atoms with E-state index in [0.717, 1.165) is 39.8 Å². The van der Waals surface area contributed by atoms with E-state index in [1.165, 1.54) is 16.2 Å². The van der Waals surface area contributed by atoms with Gasteiger partial charge in [0.05, 0.1) is 17.3 Å². The van der Waals surface area contributed by atoms with E-state index in [4.69, 9.17) is 9.72 Å². The van der Waals surface area contributed by atoms with Crippen molar-refractivity contribution in [3.8, 4) is 5.75 Å². The molecule has 0 spiro atoms. The van der Waals surface area contributed by atoms with Gasteiger partial charge in [-0.3, -0.25) is 9.69 Å². The van der Waals surface area contributed by atoms with Gasteiger partial charge in [0, 0.05) is 17.0 Å². The number of fused-ring (bicyclic) bond motifs is 1. The van der Waals surface area contributed by atoms with Crippen molar-refractivity contribution < 1.29 is 9.53 Å². The summed E-state index contributed by atoms with van der Waals surface area (Å²) in [6.07, 6.45) is 0.877. The maximum absolute atomic E-state index is 13.3. The van der Waals surface area contributed by atoms with Gasteiger partial charge in [0.1, 0.15) is 5.75 Å². The molecule has 0 aliphatic heterocycles. The molecule has 30 heavy (non-hydrogen) atoms. The summed E-state index contributed by atoms with van der Waals surface area (Å²) in [5, 5.41) is 0.726. The zero-order chi connectivity index (χ0) is 20.8. The van der Waals surface area contributed by atoms with Crippen LogP contribution in [0.15, 0.2) is 47.4 Å². The summed E-state index contributed by atoms with van der Waals surface area (Å²) in [7, 11) is 5.74. The molecule has 3 aromatic rings. The van der Waals surface area contributed by atoms with E-state index in [1.54, 1.807) is 18.9 Å². The van der Waals surface area contributed by atoms with Crippen LogP contribution in [0.2, 0.25) is 0 Å². The smallest absolute Gasteiger partial charge is 0.260 e. The highest BCUT2D eigenvalue weighted by molar-refractivity contribution is 7.99. The largest absolute Gasteiger partial charge is 0.497 e. The van der Waals surface area contributed by atoms with Gasteiger partial charge in [0.15, 0.2) is 5.13 Å². The average Bonchev–Trinajstić information content (AvgIpc) is 3.14. The lowest BCUT2D eigenvalue weighted by molar-refractivity contribution is 0.0986. The lowest BCUT2D eigenvalue weighted by atomic mass is 10.2. The molecule has 8 heteroatoms. The van der Waals surface area contributed by atoms with E-state index in [-0.39, 0.29) is 18.3 Å². The first kappa shape index (κ1) is 24.5. The Morgan fingerprint density at radius 2 is 1.87 bits per heavy atom. The fourth-order valence-corrected chi connectivity index (χ4v) is 4.66. The molecule has 0 bridgehead atoms. The van der Waals surface area contributed by atoms with Gasteiger partial charge in [-0.1, -0.05) is 18.3 Å². The molecule has 0 saturated carbocycles. The van der Waals surface area contributed by atoms with Gasteiger partial charge in [-0.05, 0) is 75.3 Å². The molecule has 0 radical (unpaired) electrons. The van der Waals surface area contributed by atoms with E-state index < -0.39 is 0 Å². The number of ether oxygens (including phenoxy) is 1. The molecule has 0 unspecified atom stereocenters. The number of carbonyl (C=O) groups is 1. The van der Waals surface area contributed by atoms with E-state index >= 15 is 0 Å². The minimum absolute atomic E-state index is 0. The lowest BCUT2D eigenvalue weighted by Gasteiger charge is -2.21. The Morgan fingerprint density at radius 1 is 1.13 bits per heavy atom. The number of nitrogens with zero attached hydrogens (tertiary/aromatic N) is 3. The second-order valence-corrected chi connectivity index (χ2v) is 9.25. The third-order valence-corrected chi connectivity index (χ3v) is 6.40. The Hall–Kier alpha value is -1.80. The molecule has 1 amide bonds. The number of carbonyl (C=O) groups excluding carboxylic acids is 1. The van der Waals surface area contributed by atoms with Crippen LogP contribution in [0.4, 0.5) is 5.13 Å². The van der Waals surface area contributed by atoms with Gasteiger partial charge in [-0.25, -0.2) is 4.98 Å². The highest BCUT2D eigenvalue weighted by atomic mass is 35.5. The zero-order valence-corrected chi connectivity index (χ0v) is 20.2. The van der Waals surface area contributed by atoms with Crippen LogP contribution in [0.1, 0.15) is 23.7 Å². The monoisotopic (exact) mass is 465 g/mol. The lowest BCUT2D eigenvalue weighted by Crippen LogP contribution is -2.33. The highest BCUT2D eigenvalue weighted by Crippen LogP contribution is 2.32. The Kier molecular flexibility index (Phi) is 9.42. The molecule has 0 N–H and O–H groups in total. The summed E-state index contributed by atoms with van der Waals surface area (Å²) < 4.78 is 6.34. The summed E-state index contributed by atoms with van der Waals surface area (Å²) in [4.78, 5) is 23.2. The molecule has 1 heterocycles. The number of hydrogen-bond acceptors (Lipinski definition) is 6. The van der Waals surface area contributed by atoms with Crippen molar-refractivity contribution in [3.63, 3.8) is 0 Å². The molecule has 0 saturated heterocycles. The molecule has 162 valence electrons. The number of amides is 1. The van der Waals surface area contributed by atoms with E-state index in [0.29, 0.717) is 12.1 Å². The number of methoxy groups -OCH3 is 1. The van der Waals surface area contributed by atoms with Gasteiger partial charge < -0.3 is 9.64 Å². The van der Waals surface area contributed by atoms with E-state index in [2.05, 4.69) is 11.8 Å². The summed E-state index contributed by atoms with van der Waals surface area (Å²) >= 11 is 3.30. The number of hydrogen-bond donors (Lipinski definition) is 0. The second kappa shape index (κ2) is 11.6. The minimum Gasteiger partial charge on any atom is -0.497 e. The quantitative estimate of drug-likeness (QED) is 0.394. The number of thiazole rings is 1. The predicted molar refractivity (Wildman–Crippen MR) is 131 cm³/mol. The van der Waals surface area contributed by atoms with Crippen LogP contribution < -0.4 is 9.64 Å².